The van der Waals surface area contributed by atoms with E-state index in [1.165, 1.54) is 212 Å². The van der Waals surface area contributed by atoms with Gasteiger partial charge in [-0.1, -0.05) is 239 Å². The van der Waals surface area contributed by atoms with Gasteiger partial charge in [-0.25, -0.2) is 0 Å². The summed E-state index contributed by atoms with van der Waals surface area (Å²) in [5, 5.41) is 9.39. The second kappa shape index (κ2) is 37.7. The highest BCUT2D eigenvalue weighted by atomic mass is 16.4. The lowest BCUT2D eigenvalue weighted by atomic mass is 9.94. The van der Waals surface area contributed by atoms with Crippen molar-refractivity contribution < 1.29 is 9.90 Å². The van der Waals surface area contributed by atoms with Gasteiger partial charge in [0.25, 0.3) is 0 Å². The molecule has 0 bridgehead atoms. The second-order valence-electron chi connectivity index (χ2n) is 14.3. The normalized spacial score (nSPS) is 12.2. The van der Waals surface area contributed by atoms with Crippen molar-refractivity contribution in [3.8, 4) is 0 Å². The molecule has 0 aliphatic heterocycles. The van der Waals surface area contributed by atoms with E-state index in [1.807, 2.05) is 0 Å². The van der Waals surface area contributed by atoms with Crippen LogP contribution in [0.15, 0.2) is 0 Å². The van der Waals surface area contributed by atoms with Gasteiger partial charge in [0.2, 0.25) is 0 Å². The summed E-state index contributed by atoms with van der Waals surface area (Å²) in [5.74, 6) is -0.670. The third kappa shape index (κ3) is 35.8. The first-order valence-corrected chi connectivity index (χ1v) is 20.4. The highest BCUT2D eigenvalue weighted by Gasteiger charge is 2.15. The Labute approximate surface area is 272 Å². The summed E-state index contributed by atoms with van der Waals surface area (Å²) >= 11 is 0. The van der Waals surface area contributed by atoms with Crippen LogP contribution < -0.4 is 0 Å². The largest absolute Gasteiger partial charge is 0.481 e. The molecule has 0 rings (SSSR count). The van der Waals surface area contributed by atoms with Crippen LogP contribution >= 0.6 is 0 Å². The number of hydrogen-bond acceptors (Lipinski definition) is 1. The molecule has 0 aromatic carbocycles. The summed E-state index contributed by atoms with van der Waals surface area (Å²) < 4.78 is 0. The molecule has 0 aromatic rings. The summed E-state index contributed by atoms with van der Waals surface area (Å²) in [6, 6.07) is 0. The Balaban J connectivity index is 3.15. The molecule has 0 saturated carbocycles. The van der Waals surface area contributed by atoms with Crippen LogP contribution in [0.4, 0.5) is 0 Å². The highest BCUT2D eigenvalue weighted by molar-refractivity contribution is 5.69. The van der Waals surface area contributed by atoms with Gasteiger partial charge >= 0.3 is 5.97 Å². The minimum Gasteiger partial charge on any atom is -0.481 e. The number of carbonyl (C=O) groups is 1. The first kappa shape index (κ1) is 42.5. The zero-order valence-electron chi connectivity index (χ0n) is 30.1. The Kier molecular flexibility index (Phi) is 37.2. The van der Waals surface area contributed by atoms with Gasteiger partial charge in [-0.05, 0) is 12.8 Å². The first-order chi connectivity index (χ1) is 21.2. The summed E-state index contributed by atoms with van der Waals surface area (Å²) in [6.45, 7) is 4.48. The third-order valence-electron chi connectivity index (χ3n) is 9.91. The summed E-state index contributed by atoms with van der Waals surface area (Å²) in [7, 11) is 0. The van der Waals surface area contributed by atoms with Crippen LogP contribution in [0.3, 0.4) is 0 Å². The molecular weight excluding hydrogens is 524 g/mol. The topological polar surface area (TPSA) is 37.3 Å². The number of carboxylic acid groups (broad SMARTS) is 1. The molecule has 1 atom stereocenters. The van der Waals surface area contributed by atoms with E-state index in [4.69, 9.17) is 0 Å². The fourth-order valence-corrected chi connectivity index (χ4v) is 6.80. The zero-order chi connectivity index (χ0) is 31.3. The molecule has 0 aliphatic rings. The molecule has 43 heavy (non-hydrogen) atoms. The van der Waals surface area contributed by atoms with Crippen LogP contribution in [0.2, 0.25) is 0 Å². The Morgan fingerprint density at radius 2 is 0.488 bits per heavy atom. The quantitative estimate of drug-likeness (QED) is 0.0710. The van der Waals surface area contributed by atoms with E-state index in [-0.39, 0.29) is 5.92 Å². The van der Waals surface area contributed by atoms with Crippen molar-refractivity contribution in [1.29, 1.82) is 0 Å². The van der Waals surface area contributed by atoms with Crippen LogP contribution in [0, 0.1) is 5.92 Å². The lowest BCUT2D eigenvalue weighted by molar-refractivity contribution is -0.142. The maximum atomic E-state index is 11.4. The molecule has 0 aliphatic carbocycles. The van der Waals surface area contributed by atoms with Crippen molar-refractivity contribution in [3.63, 3.8) is 0 Å². The van der Waals surface area contributed by atoms with Crippen LogP contribution in [0.1, 0.15) is 251 Å². The molecule has 0 aromatic heterocycles. The molecule has 1 unspecified atom stereocenters. The smallest absolute Gasteiger partial charge is 0.306 e. The Morgan fingerprint density at radius 1 is 0.326 bits per heavy atom. The molecular formula is C41H82O2. The predicted molar refractivity (Wildman–Crippen MR) is 193 cm³/mol. The maximum Gasteiger partial charge on any atom is 0.306 e. The van der Waals surface area contributed by atoms with E-state index >= 15 is 0 Å². The van der Waals surface area contributed by atoms with Crippen LogP contribution in [0.25, 0.3) is 0 Å². The van der Waals surface area contributed by atoms with Gasteiger partial charge < -0.3 is 5.11 Å². The number of hydrogen-bond donors (Lipinski definition) is 1. The van der Waals surface area contributed by atoms with E-state index in [9.17, 15) is 9.90 Å². The van der Waals surface area contributed by atoms with Gasteiger partial charge in [0, 0.05) is 0 Å². The average Bonchev–Trinajstić information content (AvgIpc) is 3.00. The fourth-order valence-electron chi connectivity index (χ4n) is 6.80. The monoisotopic (exact) mass is 607 g/mol. The lowest BCUT2D eigenvalue weighted by Gasteiger charge is -2.11. The Morgan fingerprint density at radius 3 is 0.698 bits per heavy atom. The molecule has 1 N–H and O–H groups in total. The number of unbranched alkanes of at least 4 members (excludes halogenated alkanes) is 33. The molecule has 0 spiro atoms. The van der Waals surface area contributed by atoms with Crippen molar-refractivity contribution >= 4 is 5.97 Å². The summed E-state index contributed by atoms with van der Waals surface area (Å²) in [4.78, 5) is 11.4. The van der Waals surface area contributed by atoms with E-state index in [0.717, 1.165) is 25.7 Å². The molecule has 0 fully saturated rings. The number of aliphatic carboxylic acids is 1. The van der Waals surface area contributed by atoms with E-state index < -0.39 is 5.97 Å². The van der Waals surface area contributed by atoms with Crippen LogP contribution in [-0.2, 0) is 4.79 Å². The fraction of sp³-hybridized carbons (Fsp3) is 0.976. The van der Waals surface area contributed by atoms with E-state index in [1.54, 1.807) is 0 Å². The first-order valence-electron chi connectivity index (χ1n) is 20.4. The van der Waals surface area contributed by atoms with Crippen molar-refractivity contribution in [2.75, 3.05) is 0 Å². The van der Waals surface area contributed by atoms with Gasteiger partial charge in [0.05, 0.1) is 5.92 Å². The van der Waals surface area contributed by atoms with E-state index in [0.29, 0.717) is 0 Å². The van der Waals surface area contributed by atoms with Gasteiger partial charge in [0.1, 0.15) is 0 Å². The number of rotatable bonds is 38. The summed E-state index contributed by atoms with van der Waals surface area (Å²) in [6.07, 6.45) is 50.9. The van der Waals surface area contributed by atoms with Crippen molar-refractivity contribution in [2.24, 2.45) is 5.92 Å². The standard InChI is InChI=1S/C41H82O2/c1-3-5-7-8-9-10-11-12-13-14-15-16-17-18-19-20-21-22-23-24-25-26-27-28-29-30-31-32-33-34-35-37-39-40(41(42)43)38-36-6-4-2/h40H,3-39H2,1-2H3,(H,42,43). The Bertz CT molecular complexity index is 516. The molecule has 2 nitrogen and oxygen atoms in total. The van der Waals surface area contributed by atoms with Gasteiger partial charge in [0.15, 0.2) is 0 Å². The molecule has 0 heterocycles. The molecule has 0 radical (unpaired) electrons. The summed E-state index contributed by atoms with van der Waals surface area (Å²) in [5.41, 5.74) is 0. The van der Waals surface area contributed by atoms with Crippen molar-refractivity contribution in [1.82, 2.24) is 0 Å². The average molecular weight is 607 g/mol. The van der Waals surface area contributed by atoms with Gasteiger partial charge in [-0.2, -0.15) is 0 Å². The van der Waals surface area contributed by atoms with Crippen LogP contribution in [0.5, 0.6) is 0 Å². The van der Waals surface area contributed by atoms with Crippen molar-refractivity contribution in [3.05, 3.63) is 0 Å². The third-order valence-corrected chi connectivity index (χ3v) is 9.91. The zero-order valence-corrected chi connectivity index (χ0v) is 30.1. The molecule has 0 saturated heterocycles. The molecule has 258 valence electrons. The Hall–Kier alpha value is -0.530. The maximum absolute atomic E-state index is 11.4. The number of carboxylic acids is 1. The molecule has 2 heteroatoms. The minimum absolute atomic E-state index is 0.0971. The van der Waals surface area contributed by atoms with Gasteiger partial charge in [-0.3, -0.25) is 4.79 Å². The lowest BCUT2D eigenvalue weighted by Crippen LogP contribution is -2.13. The van der Waals surface area contributed by atoms with Crippen LogP contribution in [-0.4, -0.2) is 11.1 Å². The predicted octanol–water partition coefficient (Wildman–Crippen LogP) is 15.2. The van der Waals surface area contributed by atoms with E-state index in [2.05, 4.69) is 13.8 Å². The highest BCUT2D eigenvalue weighted by Crippen LogP contribution is 2.20. The SMILES string of the molecule is CCCCCCCCCCCCCCCCCCCCCCCCCCCCCCCCCCC(CCCCC)C(=O)O. The second-order valence-corrected chi connectivity index (χ2v) is 14.3. The minimum atomic E-state index is -0.572. The van der Waals surface area contributed by atoms with Crippen molar-refractivity contribution in [2.45, 2.75) is 251 Å². The molecule has 0 amide bonds. The van der Waals surface area contributed by atoms with Gasteiger partial charge in [-0.15, -0.1) is 0 Å².